The number of thioether (sulfide) groups is 3. The van der Waals surface area contributed by atoms with Gasteiger partial charge in [0.15, 0.2) is 0 Å². The number of fused-ring (bicyclic) bond motifs is 2. The predicted octanol–water partition coefficient (Wildman–Crippen LogP) is 9.50. The molecule has 11 rings (SSSR count). The van der Waals surface area contributed by atoms with E-state index in [1.165, 1.54) is 31.7 Å². The van der Waals surface area contributed by atoms with E-state index in [0.29, 0.717) is 24.0 Å². The molecule has 4 aromatic rings. The van der Waals surface area contributed by atoms with Gasteiger partial charge in [0.25, 0.3) is 47.3 Å². The molecule has 7 aliphatic heterocycles. The van der Waals surface area contributed by atoms with E-state index in [-0.39, 0.29) is 148 Å². The average Bonchev–Trinajstić information content (AvgIpc) is 4.02. The lowest BCUT2D eigenvalue weighted by Gasteiger charge is -2.35. The number of allylic oxidation sites excluding steroid dienone is 1. The first-order valence-electron chi connectivity index (χ1n) is 24.1. The van der Waals surface area contributed by atoms with Crippen molar-refractivity contribution < 1.29 is 38.4 Å². The largest absolute Gasteiger partial charge is 0.274 e. The Labute approximate surface area is 422 Å². The molecule has 0 spiro atoms. The molecule has 7 aliphatic rings. The highest BCUT2D eigenvalue weighted by Gasteiger charge is 2.52. The van der Waals surface area contributed by atoms with E-state index in [4.69, 9.17) is 0 Å². The van der Waals surface area contributed by atoms with Gasteiger partial charge in [-0.2, -0.15) is 10.5 Å². The van der Waals surface area contributed by atoms with Crippen LogP contribution >= 0.6 is 35.3 Å². The second-order valence-corrected chi connectivity index (χ2v) is 25.1. The van der Waals surface area contributed by atoms with E-state index in [1.807, 2.05) is 55.4 Å². The number of hydrogen-bond donors (Lipinski definition) is 0. The molecule has 4 aromatic carbocycles. The van der Waals surface area contributed by atoms with Gasteiger partial charge in [-0.15, -0.1) is 35.3 Å². The van der Waals surface area contributed by atoms with Crippen LogP contribution < -0.4 is 0 Å². The van der Waals surface area contributed by atoms with E-state index in [2.05, 4.69) is 12.1 Å². The summed E-state index contributed by atoms with van der Waals surface area (Å²) >= 11 is 5.02. The van der Waals surface area contributed by atoms with Gasteiger partial charge >= 0.3 is 0 Å². The molecular weight excluding hydrogens is 957 g/mol. The van der Waals surface area contributed by atoms with Crippen LogP contribution in [-0.2, 0) is 0 Å². The Bertz CT molecular complexity index is 3420. The molecule has 14 nitrogen and oxygen atoms in total. The summed E-state index contributed by atoms with van der Waals surface area (Å²) in [4.78, 5) is 123. The van der Waals surface area contributed by atoms with Gasteiger partial charge in [0.1, 0.15) is 12.1 Å². The number of nitriles is 2. The molecule has 1 fully saturated rings. The van der Waals surface area contributed by atoms with Crippen LogP contribution in [0, 0.1) is 46.3 Å². The first kappa shape index (κ1) is 47.1. The van der Waals surface area contributed by atoms with Gasteiger partial charge in [0, 0.05) is 84.8 Å². The molecule has 1 saturated heterocycles. The molecule has 360 valence electrons. The minimum atomic E-state index is -0.631. The number of rotatable bonds is 10. The fraction of sp³-hybridized carbons (Fsp3) is 0.407. The minimum Gasteiger partial charge on any atom is -0.274 e. The third-order valence-electron chi connectivity index (χ3n) is 14.3. The van der Waals surface area contributed by atoms with Crippen molar-refractivity contribution in [2.45, 2.75) is 89.2 Å². The highest BCUT2D eigenvalue weighted by molar-refractivity contribution is 8.12. The molecule has 0 aliphatic carbocycles. The summed E-state index contributed by atoms with van der Waals surface area (Å²) < 4.78 is 0. The zero-order chi connectivity index (χ0) is 50.5. The van der Waals surface area contributed by atoms with E-state index in [0.717, 1.165) is 9.81 Å². The molecule has 17 heteroatoms. The van der Waals surface area contributed by atoms with E-state index < -0.39 is 47.3 Å². The Morgan fingerprint density at radius 3 is 1.23 bits per heavy atom. The van der Waals surface area contributed by atoms with Crippen molar-refractivity contribution in [1.29, 1.82) is 10.5 Å². The second kappa shape index (κ2) is 16.6. The number of nitrogens with zero attached hydrogens (tertiary/aromatic N) is 6. The lowest BCUT2D eigenvalue weighted by molar-refractivity contribution is 0.0570. The summed E-state index contributed by atoms with van der Waals surface area (Å²) in [6.45, 7) is 15.6. The highest BCUT2D eigenvalue weighted by Crippen LogP contribution is 2.68. The van der Waals surface area contributed by atoms with Crippen molar-refractivity contribution in [3.05, 3.63) is 101 Å². The van der Waals surface area contributed by atoms with Crippen molar-refractivity contribution in [2.75, 3.05) is 26.2 Å². The molecule has 0 aromatic heterocycles. The molecule has 8 amide bonds. The van der Waals surface area contributed by atoms with Crippen LogP contribution in [-0.4, -0.2) is 104 Å². The number of benzene rings is 4. The summed E-state index contributed by atoms with van der Waals surface area (Å²) in [5.41, 5.74) is 2.27. The van der Waals surface area contributed by atoms with Crippen molar-refractivity contribution in [2.24, 2.45) is 23.7 Å². The average molecular weight is 1010 g/mol. The van der Waals surface area contributed by atoms with Gasteiger partial charge in [-0.3, -0.25) is 58.0 Å². The van der Waals surface area contributed by atoms with Crippen LogP contribution in [0.25, 0.3) is 21.5 Å². The third-order valence-corrected chi connectivity index (χ3v) is 19.3. The number of carbonyl (C=O) groups excluding carboxylic acids is 8. The fourth-order valence-corrected chi connectivity index (χ4v) is 17.3. The minimum absolute atomic E-state index is 0.0190. The first-order chi connectivity index (χ1) is 33.7. The Morgan fingerprint density at radius 1 is 0.493 bits per heavy atom. The molecule has 4 unspecified atom stereocenters. The van der Waals surface area contributed by atoms with E-state index in [1.54, 1.807) is 47.4 Å². The maximum atomic E-state index is 14.9. The van der Waals surface area contributed by atoms with Crippen LogP contribution in [0.15, 0.2) is 34.1 Å². The molecule has 7 heterocycles. The van der Waals surface area contributed by atoms with Gasteiger partial charge < -0.3 is 0 Å². The topological polar surface area (TPSA) is 197 Å². The maximum absolute atomic E-state index is 14.9. The van der Waals surface area contributed by atoms with Crippen molar-refractivity contribution in [3.8, 4) is 12.1 Å². The van der Waals surface area contributed by atoms with Crippen LogP contribution in [0.3, 0.4) is 0 Å². The highest BCUT2D eigenvalue weighted by atomic mass is 32.2. The van der Waals surface area contributed by atoms with Crippen LogP contribution in [0.4, 0.5) is 0 Å². The Hall–Kier alpha value is -6.27. The molecular formula is C54H48N6O8S3. The van der Waals surface area contributed by atoms with Gasteiger partial charge in [-0.1, -0.05) is 55.4 Å². The van der Waals surface area contributed by atoms with Gasteiger partial charge in [0.2, 0.25) is 0 Å². The third kappa shape index (κ3) is 6.75. The van der Waals surface area contributed by atoms with E-state index >= 15 is 0 Å². The molecule has 0 bridgehead atoms. The molecule has 4 atom stereocenters. The SMILES string of the molecule is CC(C)CN1C(=O)c2cc(C3CC4=C(S3)C3SC(c5cc6c7c(c(C#N)cc8c7c5C(=O)N(CC(C)C)C8=O)C(=O)N(CC(C)C)C6=O)CC3S4)c3c4c(cc(C#N)c(c24)C1=O)C(=O)N(CC(C)C)C3=O. The summed E-state index contributed by atoms with van der Waals surface area (Å²) in [7, 11) is 0. The lowest BCUT2D eigenvalue weighted by Crippen LogP contribution is -2.46. The van der Waals surface area contributed by atoms with Gasteiger partial charge in [-0.05, 0) is 76.8 Å². The smallest absolute Gasteiger partial charge is 0.262 e. The zero-order valence-corrected chi connectivity index (χ0v) is 42.8. The Morgan fingerprint density at radius 2 is 0.845 bits per heavy atom. The second-order valence-electron chi connectivity index (χ2n) is 21.2. The first-order valence-corrected chi connectivity index (χ1v) is 26.8. The number of carbonyl (C=O) groups is 8. The number of amides is 8. The predicted molar refractivity (Wildman–Crippen MR) is 270 cm³/mol. The summed E-state index contributed by atoms with van der Waals surface area (Å²) in [6, 6.07) is 10.5. The van der Waals surface area contributed by atoms with Crippen molar-refractivity contribution in [3.63, 3.8) is 0 Å². The maximum Gasteiger partial charge on any atom is 0.262 e. The molecule has 0 N–H and O–H groups in total. The van der Waals surface area contributed by atoms with Crippen molar-refractivity contribution >= 4 is 104 Å². The quantitative estimate of drug-likeness (QED) is 0.136. The van der Waals surface area contributed by atoms with Crippen LogP contribution in [0.5, 0.6) is 0 Å². The van der Waals surface area contributed by atoms with Gasteiger partial charge in [0.05, 0.1) is 44.5 Å². The van der Waals surface area contributed by atoms with Crippen LogP contribution in [0.1, 0.15) is 184 Å². The molecule has 71 heavy (non-hydrogen) atoms. The van der Waals surface area contributed by atoms with Gasteiger partial charge in [-0.25, -0.2) is 0 Å². The van der Waals surface area contributed by atoms with Crippen molar-refractivity contribution in [1.82, 2.24) is 19.6 Å². The molecule has 0 radical (unpaired) electrons. The number of hydrogen-bond acceptors (Lipinski definition) is 13. The Kier molecular flexibility index (Phi) is 11.0. The Balaban J connectivity index is 1.02. The lowest BCUT2D eigenvalue weighted by atomic mass is 9.80. The molecule has 0 saturated carbocycles. The summed E-state index contributed by atoms with van der Waals surface area (Å²) in [6.07, 6.45) is 1.14. The fourth-order valence-electron chi connectivity index (χ4n) is 11.6. The zero-order valence-electron chi connectivity index (χ0n) is 40.3. The normalized spacial score (nSPS) is 22.3. The summed E-state index contributed by atoms with van der Waals surface area (Å²) in [5.74, 6) is -4.83. The van der Waals surface area contributed by atoms with E-state index in [9.17, 15) is 48.9 Å². The monoisotopic (exact) mass is 1000 g/mol. The standard InChI is InChI=1S/C54H48N6O8S3/c1-21(2)17-57-49(63)31-11-27(43-41-29(47(61)59(53(43)67)19-23(5)6)9-25(15-55)37(39(31)41)51(57)65)33-13-35-45(70-33)46-36(69-35)14-34(71-46)28-12-32-40-38(52(66)58(50(32)64)18-22(3)4)26(16-56)10-30-42(40)44(28)54(68)60(48(30)62)20-24(7)8/h9-12,21-24,33-35,45H,13-14,17-20H2,1-8H3. The van der Waals surface area contributed by atoms with Crippen LogP contribution in [0.2, 0.25) is 0 Å². The number of imide groups is 4. The summed E-state index contributed by atoms with van der Waals surface area (Å²) in [5, 5.41) is 20.9.